The summed E-state index contributed by atoms with van der Waals surface area (Å²) in [6, 6.07) is 9.68. The van der Waals surface area contributed by atoms with Gasteiger partial charge < -0.3 is 10.6 Å². The van der Waals surface area contributed by atoms with Crippen molar-refractivity contribution in [2.24, 2.45) is 0 Å². The standard InChI is InChI=1S/C18H16BrN5O/c1-12-4-5-15(14(19)7-12)24-17-11-21-16(10-22-17)18(25)23-9-13-3-2-6-20-8-13/h2-8,10-11H,9H2,1H3,(H,22,24)(H,23,25). The van der Waals surface area contributed by atoms with Crippen molar-refractivity contribution in [3.8, 4) is 0 Å². The first-order valence-corrected chi connectivity index (χ1v) is 8.43. The van der Waals surface area contributed by atoms with Crippen molar-refractivity contribution < 1.29 is 4.79 Å². The highest BCUT2D eigenvalue weighted by atomic mass is 79.9. The van der Waals surface area contributed by atoms with Crippen LogP contribution < -0.4 is 10.6 Å². The maximum Gasteiger partial charge on any atom is 0.271 e. The molecule has 0 radical (unpaired) electrons. The lowest BCUT2D eigenvalue weighted by Gasteiger charge is -2.09. The van der Waals surface area contributed by atoms with Crippen LogP contribution >= 0.6 is 15.9 Å². The summed E-state index contributed by atoms with van der Waals surface area (Å²) >= 11 is 3.51. The lowest BCUT2D eigenvalue weighted by molar-refractivity contribution is 0.0945. The van der Waals surface area contributed by atoms with Crippen molar-refractivity contribution >= 4 is 33.3 Å². The van der Waals surface area contributed by atoms with Gasteiger partial charge in [-0.1, -0.05) is 12.1 Å². The molecule has 0 aliphatic rings. The minimum atomic E-state index is -0.278. The van der Waals surface area contributed by atoms with E-state index >= 15 is 0 Å². The van der Waals surface area contributed by atoms with Gasteiger partial charge >= 0.3 is 0 Å². The second-order valence-electron chi connectivity index (χ2n) is 5.44. The zero-order valence-electron chi connectivity index (χ0n) is 13.5. The van der Waals surface area contributed by atoms with Gasteiger partial charge in [-0.2, -0.15) is 0 Å². The fourth-order valence-corrected chi connectivity index (χ4v) is 2.74. The predicted molar refractivity (Wildman–Crippen MR) is 99.6 cm³/mol. The number of rotatable bonds is 5. The normalized spacial score (nSPS) is 10.3. The average molecular weight is 398 g/mol. The van der Waals surface area contributed by atoms with Gasteiger partial charge in [-0.05, 0) is 52.2 Å². The summed E-state index contributed by atoms with van der Waals surface area (Å²) in [5.74, 6) is 0.285. The van der Waals surface area contributed by atoms with Crippen molar-refractivity contribution in [2.45, 2.75) is 13.5 Å². The van der Waals surface area contributed by atoms with Crippen LogP contribution in [0.5, 0.6) is 0 Å². The lowest BCUT2D eigenvalue weighted by Crippen LogP contribution is -2.24. The molecule has 1 amide bonds. The molecule has 6 nitrogen and oxygen atoms in total. The van der Waals surface area contributed by atoms with Gasteiger partial charge in [-0.3, -0.25) is 9.78 Å². The van der Waals surface area contributed by atoms with E-state index in [-0.39, 0.29) is 11.6 Å². The van der Waals surface area contributed by atoms with Crippen LogP contribution in [0.1, 0.15) is 21.6 Å². The number of amides is 1. The predicted octanol–water partition coefficient (Wildman–Crippen LogP) is 3.62. The Balaban J connectivity index is 1.62. The molecule has 0 saturated heterocycles. The number of carbonyl (C=O) groups excluding carboxylic acids is 1. The number of nitrogens with zero attached hydrogens (tertiary/aromatic N) is 3. The summed E-state index contributed by atoms with van der Waals surface area (Å²) < 4.78 is 0.938. The zero-order valence-corrected chi connectivity index (χ0v) is 15.1. The van der Waals surface area contributed by atoms with E-state index in [1.807, 2.05) is 37.3 Å². The van der Waals surface area contributed by atoms with E-state index in [1.165, 1.54) is 12.4 Å². The molecule has 0 unspecified atom stereocenters. The van der Waals surface area contributed by atoms with E-state index in [1.54, 1.807) is 12.4 Å². The number of hydrogen-bond acceptors (Lipinski definition) is 5. The van der Waals surface area contributed by atoms with Gasteiger partial charge in [0.15, 0.2) is 0 Å². The molecule has 126 valence electrons. The first-order valence-electron chi connectivity index (χ1n) is 7.64. The van der Waals surface area contributed by atoms with Crippen molar-refractivity contribution in [3.05, 3.63) is 76.4 Å². The number of aryl methyl sites for hydroxylation is 1. The Morgan fingerprint density at radius 3 is 2.72 bits per heavy atom. The molecule has 25 heavy (non-hydrogen) atoms. The molecule has 1 aromatic carbocycles. The number of hydrogen-bond donors (Lipinski definition) is 2. The lowest BCUT2D eigenvalue weighted by atomic mass is 10.2. The summed E-state index contributed by atoms with van der Waals surface area (Å²) in [4.78, 5) is 24.5. The van der Waals surface area contributed by atoms with E-state index in [4.69, 9.17) is 0 Å². The Morgan fingerprint density at radius 1 is 1.16 bits per heavy atom. The topological polar surface area (TPSA) is 79.8 Å². The number of aromatic nitrogens is 3. The monoisotopic (exact) mass is 397 g/mol. The Morgan fingerprint density at radius 2 is 2.04 bits per heavy atom. The Kier molecular flexibility index (Phi) is 5.35. The number of carbonyl (C=O) groups is 1. The molecule has 0 fully saturated rings. The van der Waals surface area contributed by atoms with Crippen LogP contribution in [0.3, 0.4) is 0 Å². The minimum absolute atomic E-state index is 0.261. The van der Waals surface area contributed by atoms with Crippen LogP contribution in [0.2, 0.25) is 0 Å². The molecule has 2 N–H and O–H groups in total. The molecular weight excluding hydrogens is 382 g/mol. The van der Waals surface area contributed by atoms with E-state index in [2.05, 4.69) is 41.5 Å². The van der Waals surface area contributed by atoms with Crippen molar-refractivity contribution in [1.82, 2.24) is 20.3 Å². The van der Waals surface area contributed by atoms with Crippen molar-refractivity contribution in [3.63, 3.8) is 0 Å². The highest BCUT2D eigenvalue weighted by Crippen LogP contribution is 2.25. The number of halogens is 1. The molecule has 0 aliphatic carbocycles. The Hall–Kier alpha value is -2.80. The van der Waals surface area contributed by atoms with E-state index in [0.717, 1.165) is 21.3 Å². The highest BCUT2D eigenvalue weighted by molar-refractivity contribution is 9.10. The summed E-state index contributed by atoms with van der Waals surface area (Å²) in [6.07, 6.45) is 6.38. The third kappa shape index (κ3) is 4.60. The molecule has 0 bridgehead atoms. The van der Waals surface area contributed by atoms with E-state index in [0.29, 0.717) is 12.4 Å². The van der Waals surface area contributed by atoms with Gasteiger partial charge in [0.2, 0.25) is 0 Å². The molecule has 0 spiro atoms. The molecule has 0 atom stereocenters. The van der Waals surface area contributed by atoms with Gasteiger partial charge in [0.05, 0.1) is 18.1 Å². The number of benzene rings is 1. The SMILES string of the molecule is Cc1ccc(Nc2cnc(C(=O)NCc3cccnc3)cn2)c(Br)c1. The second kappa shape index (κ2) is 7.85. The maximum absolute atomic E-state index is 12.1. The highest BCUT2D eigenvalue weighted by Gasteiger charge is 2.08. The first-order chi connectivity index (χ1) is 12.1. The van der Waals surface area contributed by atoms with Crippen LogP contribution in [0.25, 0.3) is 0 Å². The third-order valence-electron chi connectivity index (χ3n) is 3.45. The number of pyridine rings is 1. The Labute approximate surface area is 153 Å². The quantitative estimate of drug-likeness (QED) is 0.687. The fourth-order valence-electron chi connectivity index (χ4n) is 2.14. The smallest absolute Gasteiger partial charge is 0.271 e. The van der Waals surface area contributed by atoms with Crippen LogP contribution in [0, 0.1) is 6.92 Å². The van der Waals surface area contributed by atoms with Crippen LogP contribution in [0.4, 0.5) is 11.5 Å². The van der Waals surface area contributed by atoms with Gasteiger partial charge in [-0.15, -0.1) is 0 Å². The van der Waals surface area contributed by atoms with Crippen LogP contribution in [-0.4, -0.2) is 20.9 Å². The first kappa shape index (κ1) is 17.0. The summed E-state index contributed by atoms with van der Waals surface area (Å²) in [7, 11) is 0. The van der Waals surface area contributed by atoms with E-state index in [9.17, 15) is 4.79 Å². The van der Waals surface area contributed by atoms with Gasteiger partial charge in [-0.25, -0.2) is 9.97 Å². The van der Waals surface area contributed by atoms with Crippen LogP contribution in [-0.2, 0) is 6.54 Å². The van der Waals surface area contributed by atoms with Gasteiger partial charge in [0, 0.05) is 23.4 Å². The molecule has 2 heterocycles. The average Bonchev–Trinajstić information content (AvgIpc) is 2.63. The summed E-state index contributed by atoms with van der Waals surface area (Å²) in [5, 5.41) is 5.95. The minimum Gasteiger partial charge on any atom is -0.347 e. The maximum atomic E-state index is 12.1. The molecular formula is C18H16BrN5O. The molecule has 3 aromatic rings. The largest absolute Gasteiger partial charge is 0.347 e. The van der Waals surface area contributed by atoms with Gasteiger partial charge in [0.25, 0.3) is 5.91 Å². The molecule has 0 saturated carbocycles. The molecule has 2 aromatic heterocycles. The zero-order chi connectivity index (χ0) is 17.6. The second-order valence-corrected chi connectivity index (χ2v) is 6.29. The number of nitrogens with one attached hydrogen (secondary N) is 2. The van der Waals surface area contributed by atoms with Crippen molar-refractivity contribution in [2.75, 3.05) is 5.32 Å². The van der Waals surface area contributed by atoms with E-state index < -0.39 is 0 Å². The summed E-state index contributed by atoms with van der Waals surface area (Å²) in [5.41, 5.74) is 3.22. The Bertz CT molecular complexity index is 868. The number of anilines is 2. The summed E-state index contributed by atoms with van der Waals surface area (Å²) in [6.45, 7) is 2.41. The van der Waals surface area contributed by atoms with Crippen LogP contribution in [0.15, 0.2) is 59.6 Å². The van der Waals surface area contributed by atoms with Gasteiger partial charge in [0.1, 0.15) is 11.5 Å². The third-order valence-corrected chi connectivity index (χ3v) is 4.10. The van der Waals surface area contributed by atoms with Crippen molar-refractivity contribution in [1.29, 1.82) is 0 Å². The molecule has 0 aliphatic heterocycles. The fraction of sp³-hybridized carbons (Fsp3) is 0.111. The molecule has 3 rings (SSSR count). The molecule has 7 heteroatoms.